The Hall–Kier alpha value is -1.01. The van der Waals surface area contributed by atoms with E-state index in [1.807, 2.05) is 26.1 Å². The van der Waals surface area contributed by atoms with Gasteiger partial charge in [0, 0.05) is 65.1 Å². The van der Waals surface area contributed by atoms with Crippen LogP contribution in [0.1, 0.15) is 19.5 Å². The van der Waals surface area contributed by atoms with Gasteiger partial charge in [0.25, 0.3) is 0 Å². The lowest BCUT2D eigenvalue weighted by Gasteiger charge is -2.23. The summed E-state index contributed by atoms with van der Waals surface area (Å²) in [4.78, 5) is 6.87. The average molecular weight is 293 g/mol. The van der Waals surface area contributed by atoms with Crippen LogP contribution in [0.2, 0.25) is 0 Å². The van der Waals surface area contributed by atoms with Crippen molar-refractivity contribution in [3.63, 3.8) is 0 Å². The van der Waals surface area contributed by atoms with Crippen LogP contribution in [0.3, 0.4) is 0 Å². The highest BCUT2D eigenvalue weighted by molar-refractivity contribution is 5.03. The van der Waals surface area contributed by atoms with Gasteiger partial charge < -0.3 is 16.0 Å². The van der Waals surface area contributed by atoms with Gasteiger partial charge in [0.15, 0.2) is 0 Å². The average Bonchev–Trinajstić information content (AvgIpc) is 2.53. The molecule has 0 spiro atoms. The van der Waals surface area contributed by atoms with Crippen molar-refractivity contribution < 1.29 is 0 Å². The molecular formula is C16H31N5. The predicted octanol–water partition coefficient (Wildman–Crippen LogP) is 0.692. The summed E-state index contributed by atoms with van der Waals surface area (Å²) in [5, 5.41) is 10.4. The lowest BCUT2D eigenvalue weighted by molar-refractivity contribution is 0.260. The molecule has 0 bridgehead atoms. The number of aromatic nitrogens is 1. The summed E-state index contributed by atoms with van der Waals surface area (Å²) < 4.78 is 0. The lowest BCUT2D eigenvalue weighted by Crippen LogP contribution is -2.41. The second-order valence-corrected chi connectivity index (χ2v) is 4.85. The number of hydrogen-bond acceptors (Lipinski definition) is 5. The quantitative estimate of drug-likeness (QED) is 0.749. The van der Waals surface area contributed by atoms with Gasteiger partial charge in [-0.05, 0) is 12.1 Å². The molecular weight excluding hydrogens is 262 g/mol. The van der Waals surface area contributed by atoms with Gasteiger partial charge in [-0.2, -0.15) is 0 Å². The fourth-order valence-corrected chi connectivity index (χ4v) is 2.19. The molecule has 21 heavy (non-hydrogen) atoms. The molecule has 0 radical (unpaired) electrons. The Morgan fingerprint density at radius 2 is 1.48 bits per heavy atom. The van der Waals surface area contributed by atoms with E-state index in [-0.39, 0.29) is 0 Å². The molecule has 0 saturated carbocycles. The van der Waals surface area contributed by atoms with Crippen molar-refractivity contribution in [1.29, 1.82) is 0 Å². The molecule has 0 aromatic carbocycles. The first kappa shape index (κ1) is 18.0. The Morgan fingerprint density at radius 1 is 0.905 bits per heavy atom. The summed E-state index contributed by atoms with van der Waals surface area (Å²) in [7, 11) is 0. The molecule has 3 N–H and O–H groups in total. The number of hydrogen-bond donors (Lipinski definition) is 3. The van der Waals surface area contributed by atoms with Crippen LogP contribution in [0.15, 0.2) is 24.4 Å². The summed E-state index contributed by atoms with van der Waals surface area (Å²) >= 11 is 0. The van der Waals surface area contributed by atoms with Gasteiger partial charge in [-0.3, -0.25) is 9.88 Å². The van der Waals surface area contributed by atoms with Crippen LogP contribution in [0.25, 0.3) is 0 Å². The topological polar surface area (TPSA) is 52.2 Å². The Kier molecular flexibility index (Phi) is 10.9. The zero-order valence-electron chi connectivity index (χ0n) is 13.6. The summed E-state index contributed by atoms with van der Waals surface area (Å²) in [5.74, 6) is 0. The third kappa shape index (κ3) is 8.78. The van der Waals surface area contributed by atoms with Crippen molar-refractivity contribution >= 4 is 0 Å². The van der Waals surface area contributed by atoms with Crippen LogP contribution in [-0.4, -0.2) is 62.2 Å². The minimum absolute atomic E-state index is 0.933. The molecule has 0 unspecified atom stereocenters. The van der Waals surface area contributed by atoms with Crippen molar-refractivity contribution in [1.82, 2.24) is 25.8 Å². The van der Waals surface area contributed by atoms with Gasteiger partial charge >= 0.3 is 0 Å². The Balaban J connectivity index is 0.00000106. The molecule has 120 valence electrons. The van der Waals surface area contributed by atoms with Crippen LogP contribution in [0.4, 0.5) is 0 Å². The SMILES string of the molecule is CC.c1ccc(CN2CCNCCNCCNCC2)nc1. The molecule has 5 nitrogen and oxygen atoms in total. The van der Waals surface area contributed by atoms with E-state index in [0.29, 0.717) is 0 Å². The summed E-state index contributed by atoms with van der Waals surface area (Å²) in [5.41, 5.74) is 1.15. The molecule has 1 saturated heterocycles. The van der Waals surface area contributed by atoms with Crippen molar-refractivity contribution in [3.8, 4) is 0 Å². The molecule has 1 aliphatic rings. The van der Waals surface area contributed by atoms with E-state index >= 15 is 0 Å². The number of pyridine rings is 1. The maximum atomic E-state index is 4.41. The van der Waals surface area contributed by atoms with Gasteiger partial charge in [0.1, 0.15) is 0 Å². The first-order chi connectivity index (χ1) is 10.4. The molecule has 1 aliphatic heterocycles. The predicted molar refractivity (Wildman–Crippen MR) is 89.5 cm³/mol. The van der Waals surface area contributed by atoms with E-state index in [0.717, 1.165) is 64.6 Å². The number of rotatable bonds is 2. The fraction of sp³-hybridized carbons (Fsp3) is 0.688. The first-order valence-corrected chi connectivity index (χ1v) is 8.19. The summed E-state index contributed by atoms with van der Waals surface area (Å²) in [6.07, 6.45) is 1.87. The van der Waals surface area contributed by atoms with E-state index in [1.165, 1.54) is 0 Å². The highest BCUT2D eigenvalue weighted by atomic mass is 15.2. The van der Waals surface area contributed by atoms with E-state index < -0.39 is 0 Å². The van der Waals surface area contributed by atoms with Gasteiger partial charge in [-0.15, -0.1) is 0 Å². The normalized spacial score (nSPS) is 18.8. The zero-order valence-corrected chi connectivity index (χ0v) is 13.6. The maximum absolute atomic E-state index is 4.41. The van der Waals surface area contributed by atoms with Crippen LogP contribution in [-0.2, 0) is 6.54 Å². The monoisotopic (exact) mass is 293 g/mol. The molecule has 2 heterocycles. The van der Waals surface area contributed by atoms with Crippen LogP contribution >= 0.6 is 0 Å². The third-order valence-corrected chi connectivity index (χ3v) is 3.28. The van der Waals surface area contributed by atoms with Crippen molar-refractivity contribution in [2.24, 2.45) is 0 Å². The van der Waals surface area contributed by atoms with Crippen LogP contribution in [0, 0.1) is 0 Å². The molecule has 5 heteroatoms. The number of nitrogens with zero attached hydrogens (tertiary/aromatic N) is 2. The molecule has 0 aliphatic carbocycles. The van der Waals surface area contributed by atoms with E-state index in [1.54, 1.807) is 0 Å². The summed E-state index contributed by atoms with van der Waals surface area (Å²) in [6.45, 7) is 13.3. The Morgan fingerprint density at radius 3 is 2.00 bits per heavy atom. The Bertz CT molecular complexity index is 319. The van der Waals surface area contributed by atoms with Gasteiger partial charge in [0.2, 0.25) is 0 Å². The number of nitrogens with one attached hydrogen (secondary N) is 3. The molecule has 1 fully saturated rings. The standard InChI is InChI=1S/C14H25N5.C2H6/c1-2-4-18-14(3-1)13-19-11-9-16-7-5-15-6-8-17-10-12-19;1-2/h1-4,15-17H,5-13H2;1-2H3. The minimum atomic E-state index is 0.933. The van der Waals surface area contributed by atoms with Crippen molar-refractivity contribution in [2.45, 2.75) is 20.4 Å². The highest BCUT2D eigenvalue weighted by Crippen LogP contribution is 2.00. The van der Waals surface area contributed by atoms with E-state index in [4.69, 9.17) is 0 Å². The Labute approximate surface area is 129 Å². The largest absolute Gasteiger partial charge is 0.314 e. The van der Waals surface area contributed by atoms with E-state index in [9.17, 15) is 0 Å². The molecule has 1 aromatic heterocycles. The highest BCUT2D eigenvalue weighted by Gasteiger charge is 2.06. The second-order valence-electron chi connectivity index (χ2n) is 4.85. The van der Waals surface area contributed by atoms with Gasteiger partial charge in [-0.25, -0.2) is 0 Å². The van der Waals surface area contributed by atoms with Gasteiger partial charge in [0.05, 0.1) is 5.69 Å². The van der Waals surface area contributed by atoms with Crippen molar-refractivity contribution in [2.75, 3.05) is 52.4 Å². The third-order valence-electron chi connectivity index (χ3n) is 3.28. The van der Waals surface area contributed by atoms with Crippen LogP contribution < -0.4 is 16.0 Å². The molecule has 1 aromatic rings. The molecule has 2 rings (SSSR count). The maximum Gasteiger partial charge on any atom is 0.0543 e. The first-order valence-electron chi connectivity index (χ1n) is 8.19. The van der Waals surface area contributed by atoms with Crippen LogP contribution in [0.5, 0.6) is 0 Å². The van der Waals surface area contributed by atoms with Gasteiger partial charge in [-0.1, -0.05) is 19.9 Å². The minimum Gasteiger partial charge on any atom is -0.314 e. The smallest absolute Gasteiger partial charge is 0.0543 e. The molecule has 0 amide bonds. The lowest BCUT2D eigenvalue weighted by atomic mass is 10.3. The van der Waals surface area contributed by atoms with E-state index in [2.05, 4.69) is 38.0 Å². The zero-order chi connectivity index (χ0) is 15.2. The van der Waals surface area contributed by atoms with Crippen molar-refractivity contribution in [3.05, 3.63) is 30.1 Å². The summed E-state index contributed by atoms with van der Waals surface area (Å²) in [6, 6.07) is 6.12. The second kappa shape index (κ2) is 12.7. The fourth-order valence-electron chi connectivity index (χ4n) is 2.19. The molecule has 0 atom stereocenters.